The maximum absolute atomic E-state index is 14.8. The number of nitrogens with zero attached hydrogens (tertiary/aromatic N) is 1. The van der Waals surface area contributed by atoms with Crippen molar-refractivity contribution in [1.29, 1.82) is 0 Å². The fourth-order valence-corrected chi connectivity index (χ4v) is 6.23. The molecule has 0 radical (unpaired) electrons. The zero-order chi connectivity index (χ0) is 27.2. The van der Waals surface area contributed by atoms with Crippen LogP contribution in [-0.4, -0.2) is 42.0 Å². The molecule has 204 valence electrons. The van der Waals surface area contributed by atoms with Gasteiger partial charge in [0.1, 0.15) is 5.82 Å². The normalized spacial score (nSPS) is 14.5. The minimum absolute atomic E-state index is 0.246. The van der Waals surface area contributed by atoms with Gasteiger partial charge in [0.25, 0.3) is 5.91 Å². The van der Waals surface area contributed by atoms with Gasteiger partial charge in [0.2, 0.25) is 0 Å². The maximum Gasteiger partial charge on any atom is 0.251 e. The monoisotopic (exact) mass is 584 g/mol. The summed E-state index contributed by atoms with van der Waals surface area (Å²) in [5.41, 5.74) is 3.18. The van der Waals surface area contributed by atoms with Gasteiger partial charge >= 0.3 is 0 Å². The van der Waals surface area contributed by atoms with E-state index in [1.54, 1.807) is 30.5 Å². The van der Waals surface area contributed by atoms with Crippen LogP contribution in [0.15, 0.2) is 71.8 Å². The van der Waals surface area contributed by atoms with E-state index in [2.05, 4.69) is 50.3 Å². The van der Waals surface area contributed by atoms with Gasteiger partial charge in [0.15, 0.2) is 0 Å². The zero-order valence-corrected chi connectivity index (χ0v) is 23.8. The Bertz CT molecular complexity index is 1420. The van der Waals surface area contributed by atoms with Crippen molar-refractivity contribution in [1.82, 2.24) is 15.2 Å². The van der Waals surface area contributed by atoms with Crippen molar-refractivity contribution in [3.8, 4) is 0 Å². The lowest BCUT2D eigenvalue weighted by Gasteiger charge is -2.32. The van der Waals surface area contributed by atoms with Gasteiger partial charge < -0.3 is 19.9 Å². The molecule has 0 atom stereocenters. The molecule has 1 aromatic heterocycles. The fourth-order valence-electron chi connectivity index (χ4n) is 4.99. The second kappa shape index (κ2) is 13.1. The van der Waals surface area contributed by atoms with Crippen molar-refractivity contribution in [2.75, 3.05) is 30.9 Å². The van der Waals surface area contributed by atoms with E-state index < -0.39 is 5.82 Å². The number of aromatic nitrogens is 1. The van der Waals surface area contributed by atoms with Crippen molar-refractivity contribution >= 4 is 57.6 Å². The predicted molar refractivity (Wildman–Crippen MR) is 160 cm³/mol. The van der Waals surface area contributed by atoms with Crippen LogP contribution in [0.2, 0.25) is 10.0 Å². The Kier molecular flexibility index (Phi) is 9.35. The Hall–Kier alpha value is -2.71. The lowest BCUT2D eigenvalue weighted by molar-refractivity contribution is 0.0935. The van der Waals surface area contributed by atoms with E-state index in [-0.39, 0.29) is 5.91 Å². The third-order valence-electron chi connectivity index (χ3n) is 7.24. The number of hydrogen-bond acceptors (Lipinski definition) is 4. The number of hydrogen-bond donors (Lipinski definition) is 3. The molecule has 0 saturated carbocycles. The topological polar surface area (TPSA) is 60.2 Å². The van der Waals surface area contributed by atoms with Crippen LogP contribution in [0.4, 0.5) is 10.1 Å². The third-order valence-corrected chi connectivity index (χ3v) is 8.73. The summed E-state index contributed by atoms with van der Waals surface area (Å²) in [6, 6.07) is 18.7. The van der Waals surface area contributed by atoms with Crippen LogP contribution in [0, 0.1) is 11.7 Å². The number of likely N-dealkylation sites (tertiary alicyclic amines) is 1. The van der Waals surface area contributed by atoms with E-state index in [1.807, 2.05) is 0 Å². The molecule has 0 aliphatic carbocycles. The Morgan fingerprint density at radius 1 is 1.05 bits per heavy atom. The summed E-state index contributed by atoms with van der Waals surface area (Å²) in [5, 5.41) is 4.78. The molecule has 3 N–H and O–H groups in total. The largest absolute Gasteiger partial charge is 0.358 e. The van der Waals surface area contributed by atoms with Gasteiger partial charge in [0, 0.05) is 23.7 Å². The first-order valence-electron chi connectivity index (χ1n) is 13.2. The Balaban J connectivity index is 1.06. The van der Waals surface area contributed by atoms with E-state index in [9.17, 15) is 9.18 Å². The average molecular weight is 586 g/mol. The number of benzene rings is 3. The van der Waals surface area contributed by atoms with Gasteiger partial charge in [-0.25, -0.2) is 4.39 Å². The number of aromatic amines is 1. The van der Waals surface area contributed by atoms with E-state index in [0.29, 0.717) is 38.4 Å². The number of amides is 1. The zero-order valence-electron chi connectivity index (χ0n) is 21.5. The molecule has 9 heteroatoms. The van der Waals surface area contributed by atoms with Crippen LogP contribution in [-0.2, 0) is 6.42 Å². The molecule has 5 rings (SSSR count). The number of halogens is 3. The van der Waals surface area contributed by atoms with Gasteiger partial charge in [-0.3, -0.25) is 4.79 Å². The molecular formula is C30H31Cl2FN4OS. The minimum atomic E-state index is -0.460. The van der Waals surface area contributed by atoms with E-state index in [0.717, 1.165) is 68.5 Å². The quantitative estimate of drug-likeness (QED) is 0.166. The van der Waals surface area contributed by atoms with Crippen LogP contribution in [0.5, 0.6) is 0 Å². The number of carbonyl (C=O) groups excluding carboxylic acids is 1. The average Bonchev–Trinajstić information content (AvgIpc) is 3.35. The molecule has 3 aromatic carbocycles. The molecule has 5 nitrogen and oxygen atoms in total. The van der Waals surface area contributed by atoms with Crippen molar-refractivity contribution in [2.45, 2.75) is 30.6 Å². The molecule has 1 fully saturated rings. The van der Waals surface area contributed by atoms with Gasteiger partial charge in [-0.15, -0.1) is 0 Å². The molecule has 2 heterocycles. The van der Waals surface area contributed by atoms with Crippen LogP contribution in [0.25, 0.3) is 10.9 Å². The molecule has 0 bridgehead atoms. The Morgan fingerprint density at radius 2 is 1.85 bits per heavy atom. The molecule has 1 aliphatic heterocycles. The number of rotatable bonds is 10. The van der Waals surface area contributed by atoms with Gasteiger partial charge in [-0.2, -0.15) is 0 Å². The summed E-state index contributed by atoms with van der Waals surface area (Å²) < 4.78 is 18.0. The summed E-state index contributed by atoms with van der Waals surface area (Å²) in [6.45, 7) is 3.82. The molecule has 4 aromatic rings. The number of aryl methyl sites for hydroxylation is 1. The number of nitrogens with one attached hydrogen (secondary N) is 3. The molecule has 1 saturated heterocycles. The summed E-state index contributed by atoms with van der Waals surface area (Å²) >= 11 is 13.6. The standard InChI is InChI=1S/C30H31Cl2FN4OS/c31-23-9-10-26(29-28(23)24(32)19-34-29)36-39-27-11-8-22(17-25(27)33)30(38)35-18-21-12-15-37(16-13-21)14-4-7-20-5-2-1-3-6-20/h1-3,5-6,8-11,17,19,21,34,36H,4,7,12-16,18H2,(H,35,38). The van der Waals surface area contributed by atoms with Crippen LogP contribution in [0.3, 0.4) is 0 Å². The first-order chi connectivity index (χ1) is 19.0. The predicted octanol–water partition coefficient (Wildman–Crippen LogP) is 7.81. The van der Waals surface area contributed by atoms with E-state index in [4.69, 9.17) is 23.2 Å². The van der Waals surface area contributed by atoms with Crippen molar-refractivity contribution in [3.05, 3.63) is 93.8 Å². The molecule has 1 amide bonds. The van der Waals surface area contributed by atoms with Crippen molar-refractivity contribution in [2.24, 2.45) is 5.92 Å². The summed E-state index contributed by atoms with van der Waals surface area (Å²) in [5.74, 6) is -0.260. The Morgan fingerprint density at radius 3 is 2.62 bits per heavy atom. The third kappa shape index (κ3) is 7.09. The lowest BCUT2D eigenvalue weighted by atomic mass is 9.96. The number of carbonyl (C=O) groups is 1. The minimum Gasteiger partial charge on any atom is -0.358 e. The number of piperidine rings is 1. The lowest BCUT2D eigenvalue weighted by Crippen LogP contribution is -2.39. The molecule has 0 unspecified atom stereocenters. The first kappa shape index (κ1) is 27.8. The highest BCUT2D eigenvalue weighted by molar-refractivity contribution is 8.00. The fraction of sp³-hybridized carbons (Fsp3) is 0.300. The molecular weight excluding hydrogens is 554 g/mol. The number of H-pyrrole nitrogens is 1. The summed E-state index contributed by atoms with van der Waals surface area (Å²) in [4.78, 5) is 18.7. The molecule has 39 heavy (non-hydrogen) atoms. The number of fused-ring (bicyclic) bond motifs is 1. The summed E-state index contributed by atoms with van der Waals surface area (Å²) in [7, 11) is 0. The van der Waals surface area contributed by atoms with Crippen LogP contribution >= 0.6 is 35.1 Å². The number of anilines is 1. The maximum atomic E-state index is 14.8. The SMILES string of the molecule is O=C(NCC1CCN(CCCc2ccccc2)CC1)c1ccc(SNc2ccc(Cl)c3c(Cl)c[nH]c23)c(F)c1. The van der Waals surface area contributed by atoms with Gasteiger partial charge in [0.05, 0.1) is 26.1 Å². The van der Waals surface area contributed by atoms with Crippen LogP contribution in [0.1, 0.15) is 35.2 Å². The van der Waals surface area contributed by atoms with Crippen LogP contribution < -0.4 is 10.0 Å². The van der Waals surface area contributed by atoms with Crippen molar-refractivity contribution < 1.29 is 9.18 Å². The van der Waals surface area contributed by atoms with Gasteiger partial charge in [-0.05, 0) is 99.1 Å². The molecule has 0 spiro atoms. The van der Waals surface area contributed by atoms with Crippen molar-refractivity contribution in [3.63, 3.8) is 0 Å². The second-order valence-electron chi connectivity index (χ2n) is 9.92. The summed E-state index contributed by atoms with van der Waals surface area (Å²) in [6.07, 6.45) is 6.05. The Labute approximate surface area is 242 Å². The highest BCUT2D eigenvalue weighted by Crippen LogP contribution is 2.36. The van der Waals surface area contributed by atoms with E-state index in [1.165, 1.54) is 11.6 Å². The smallest absolute Gasteiger partial charge is 0.251 e. The second-order valence-corrected chi connectivity index (χ2v) is 11.6. The van der Waals surface area contributed by atoms with Gasteiger partial charge in [-0.1, -0.05) is 53.5 Å². The van der Waals surface area contributed by atoms with E-state index >= 15 is 0 Å². The molecule has 1 aliphatic rings. The first-order valence-corrected chi connectivity index (χ1v) is 14.8. The highest BCUT2D eigenvalue weighted by atomic mass is 35.5. The highest BCUT2D eigenvalue weighted by Gasteiger charge is 2.20.